The number of hydrogen-bond acceptors (Lipinski definition) is 3. The second-order valence-corrected chi connectivity index (χ2v) is 7.38. The molecule has 1 saturated heterocycles. The molecule has 1 aliphatic carbocycles. The van der Waals surface area contributed by atoms with Gasteiger partial charge in [0, 0.05) is 28.4 Å². The van der Waals surface area contributed by atoms with E-state index in [2.05, 4.69) is 41.6 Å². The molecule has 1 N–H and O–H groups in total. The van der Waals surface area contributed by atoms with Crippen LogP contribution in [0.2, 0.25) is 0 Å². The molecule has 1 aromatic rings. The van der Waals surface area contributed by atoms with Crippen LogP contribution in [0.4, 0.5) is 0 Å². The van der Waals surface area contributed by atoms with Crippen molar-refractivity contribution in [1.29, 1.82) is 0 Å². The van der Waals surface area contributed by atoms with E-state index in [1.54, 1.807) is 15.3 Å². The van der Waals surface area contributed by atoms with Crippen molar-refractivity contribution < 1.29 is 0 Å². The highest BCUT2D eigenvalue weighted by molar-refractivity contribution is 7.12. The normalized spacial score (nSPS) is 25.5. The first-order valence-corrected chi connectivity index (χ1v) is 8.61. The average molecular weight is 278 g/mol. The van der Waals surface area contributed by atoms with Crippen molar-refractivity contribution in [3.8, 4) is 0 Å². The first-order chi connectivity index (χ1) is 9.24. The van der Waals surface area contributed by atoms with Gasteiger partial charge >= 0.3 is 0 Å². The zero-order chi connectivity index (χ0) is 13.2. The highest BCUT2D eigenvalue weighted by Gasteiger charge is 2.22. The Morgan fingerprint density at radius 2 is 2.21 bits per heavy atom. The predicted octanol–water partition coefficient (Wildman–Crippen LogP) is 3.37. The SMILES string of the molecule is CC(NCC1CCCN1C)c1cc2c(s1)CCCC2. The van der Waals surface area contributed by atoms with Crippen molar-refractivity contribution in [2.75, 3.05) is 20.1 Å². The molecular weight excluding hydrogens is 252 g/mol. The zero-order valence-corrected chi connectivity index (χ0v) is 13.1. The van der Waals surface area contributed by atoms with Crippen LogP contribution in [0.25, 0.3) is 0 Å². The molecule has 0 amide bonds. The number of aryl methyl sites for hydroxylation is 2. The molecule has 3 heteroatoms. The number of thiophene rings is 1. The van der Waals surface area contributed by atoms with E-state index in [1.165, 1.54) is 45.1 Å². The van der Waals surface area contributed by atoms with Gasteiger partial charge in [-0.05, 0) is 70.7 Å². The maximum absolute atomic E-state index is 3.75. The molecule has 1 aliphatic heterocycles. The molecule has 2 atom stereocenters. The van der Waals surface area contributed by atoms with E-state index in [-0.39, 0.29) is 0 Å². The first-order valence-electron chi connectivity index (χ1n) is 7.79. The molecule has 0 spiro atoms. The summed E-state index contributed by atoms with van der Waals surface area (Å²) in [5.74, 6) is 0. The summed E-state index contributed by atoms with van der Waals surface area (Å²) in [6.07, 6.45) is 8.13. The molecule has 2 heterocycles. The molecule has 1 aromatic heterocycles. The molecule has 19 heavy (non-hydrogen) atoms. The summed E-state index contributed by atoms with van der Waals surface area (Å²) in [5, 5.41) is 3.75. The molecule has 2 nitrogen and oxygen atoms in total. The van der Waals surface area contributed by atoms with Gasteiger partial charge < -0.3 is 10.2 Å². The number of likely N-dealkylation sites (tertiary alicyclic amines) is 1. The van der Waals surface area contributed by atoms with Gasteiger partial charge in [0.15, 0.2) is 0 Å². The molecule has 2 unspecified atom stereocenters. The number of fused-ring (bicyclic) bond motifs is 1. The van der Waals surface area contributed by atoms with E-state index >= 15 is 0 Å². The van der Waals surface area contributed by atoms with Crippen molar-refractivity contribution in [3.05, 3.63) is 21.4 Å². The third-order valence-electron chi connectivity index (χ3n) is 4.77. The summed E-state index contributed by atoms with van der Waals surface area (Å²) in [7, 11) is 2.26. The van der Waals surface area contributed by atoms with Gasteiger partial charge in [-0.15, -0.1) is 11.3 Å². The van der Waals surface area contributed by atoms with Gasteiger partial charge in [0.05, 0.1) is 0 Å². The van der Waals surface area contributed by atoms with Gasteiger partial charge in [-0.1, -0.05) is 0 Å². The summed E-state index contributed by atoms with van der Waals surface area (Å²) in [6, 6.07) is 3.73. The fourth-order valence-electron chi connectivity index (χ4n) is 3.38. The Morgan fingerprint density at radius 1 is 1.37 bits per heavy atom. The minimum Gasteiger partial charge on any atom is -0.308 e. The van der Waals surface area contributed by atoms with Crippen LogP contribution in [-0.2, 0) is 12.8 Å². The van der Waals surface area contributed by atoms with E-state index < -0.39 is 0 Å². The van der Waals surface area contributed by atoms with Crippen molar-refractivity contribution in [2.45, 2.75) is 57.5 Å². The maximum atomic E-state index is 3.75. The number of hydrogen-bond donors (Lipinski definition) is 1. The Morgan fingerprint density at radius 3 is 2.95 bits per heavy atom. The van der Waals surface area contributed by atoms with E-state index in [1.807, 2.05) is 0 Å². The molecule has 0 aromatic carbocycles. The lowest BCUT2D eigenvalue weighted by Gasteiger charge is -2.22. The minimum atomic E-state index is 0.518. The number of nitrogens with one attached hydrogen (secondary N) is 1. The quantitative estimate of drug-likeness (QED) is 0.908. The molecule has 1 fully saturated rings. The van der Waals surface area contributed by atoms with Gasteiger partial charge in [0.1, 0.15) is 0 Å². The van der Waals surface area contributed by atoms with Crippen LogP contribution in [0.5, 0.6) is 0 Å². The lowest BCUT2D eigenvalue weighted by atomic mass is 9.99. The predicted molar refractivity (Wildman–Crippen MR) is 83.0 cm³/mol. The maximum Gasteiger partial charge on any atom is 0.0386 e. The van der Waals surface area contributed by atoms with Crippen LogP contribution in [0.3, 0.4) is 0 Å². The third-order valence-corrected chi connectivity index (χ3v) is 6.19. The van der Waals surface area contributed by atoms with Crippen molar-refractivity contribution in [3.63, 3.8) is 0 Å². The molecule has 2 aliphatic rings. The lowest BCUT2D eigenvalue weighted by Crippen LogP contribution is -2.36. The summed E-state index contributed by atoms with van der Waals surface area (Å²) in [4.78, 5) is 5.71. The van der Waals surface area contributed by atoms with Crippen LogP contribution in [0.1, 0.15) is 54.0 Å². The van der Waals surface area contributed by atoms with E-state index in [0.29, 0.717) is 6.04 Å². The number of rotatable bonds is 4. The Kier molecular flexibility index (Phi) is 4.25. The van der Waals surface area contributed by atoms with Gasteiger partial charge in [0.25, 0.3) is 0 Å². The lowest BCUT2D eigenvalue weighted by molar-refractivity contribution is 0.294. The fraction of sp³-hybridized carbons (Fsp3) is 0.750. The standard InChI is InChI=1S/C16H26N2S/c1-12(17-11-14-7-5-9-18(14)2)16-10-13-6-3-4-8-15(13)19-16/h10,12,14,17H,3-9,11H2,1-2H3. The Bertz CT molecular complexity index is 403. The molecular formula is C16H26N2S. The minimum absolute atomic E-state index is 0.518. The van der Waals surface area contributed by atoms with Crippen LogP contribution >= 0.6 is 11.3 Å². The molecule has 0 saturated carbocycles. The van der Waals surface area contributed by atoms with Crippen molar-refractivity contribution >= 4 is 11.3 Å². The van der Waals surface area contributed by atoms with Crippen LogP contribution in [0.15, 0.2) is 6.07 Å². The second kappa shape index (κ2) is 5.94. The Balaban J connectivity index is 1.57. The summed E-state index contributed by atoms with van der Waals surface area (Å²) < 4.78 is 0. The summed E-state index contributed by atoms with van der Waals surface area (Å²) in [5.41, 5.74) is 1.64. The highest BCUT2D eigenvalue weighted by atomic mass is 32.1. The highest BCUT2D eigenvalue weighted by Crippen LogP contribution is 2.32. The molecule has 0 radical (unpaired) electrons. The molecule has 0 bridgehead atoms. The molecule has 106 valence electrons. The first kappa shape index (κ1) is 13.6. The zero-order valence-electron chi connectivity index (χ0n) is 12.2. The van der Waals surface area contributed by atoms with Crippen molar-refractivity contribution in [1.82, 2.24) is 10.2 Å². The monoisotopic (exact) mass is 278 g/mol. The van der Waals surface area contributed by atoms with Crippen LogP contribution in [-0.4, -0.2) is 31.1 Å². The average Bonchev–Trinajstić information content (AvgIpc) is 3.01. The van der Waals surface area contributed by atoms with E-state index in [0.717, 1.165) is 12.6 Å². The molecule has 3 rings (SSSR count). The summed E-state index contributed by atoms with van der Waals surface area (Å²) in [6.45, 7) is 4.74. The van der Waals surface area contributed by atoms with Gasteiger partial charge in [-0.25, -0.2) is 0 Å². The van der Waals surface area contributed by atoms with Crippen LogP contribution in [0, 0.1) is 0 Å². The Labute approximate surface area is 121 Å². The van der Waals surface area contributed by atoms with E-state index in [4.69, 9.17) is 0 Å². The Hall–Kier alpha value is -0.380. The van der Waals surface area contributed by atoms with Crippen molar-refractivity contribution in [2.24, 2.45) is 0 Å². The summed E-state index contributed by atoms with van der Waals surface area (Å²) >= 11 is 2.05. The van der Waals surface area contributed by atoms with Gasteiger partial charge in [-0.2, -0.15) is 0 Å². The smallest absolute Gasteiger partial charge is 0.0386 e. The second-order valence-electron chi connectivity index (χ2n) is 6.21. The topological polar surface area (TPSA) is 15.3 Å². The fourth-order valence-corrected chi connectivity index (χ4v) is 4.66. The number of nitrogens with zero attached hydrogens (tertiary/aromatic N) is 1. The van der Waals surface area contributed by atoms with Gasteiger partial charge in [0.2, 0.25) is 0 Å². The number of likely N-dealkylation sites (N-methyl/N-ethyl adjacent to an activating group) is 1. The largest absolute Gasteiger partial charge is 0.308 e. The third kappa shape index (κ3) is 3.04. The van der Waals surface area contributed by atoms with E-state index in [9.17, 15) is 0 Å². The van der Waals surface area contributed by atoms with Crippen LogP contribution < -0.4 is 5.32 Å². The van der Waals surface area contributed by atoms with Gasteiger partial charge in [-0.3, -0.25) is 0 Å².